The lowest BCUT2D eigenvalue weighted by Gasteiger charge is -2.15. The average molecular weight is 465 g/mol. The number of benzene rings is 1. The maximum atomic E-state index is 9.13. The van der Waals surface area contributed by atoms with Crippen molar-refractivity contribution in [3.63, 3.8) is 0 Å². The van der Waals surface area contributed by atoms with Crippen molar-refractivity contribution in [1.29, 1.82) is 0 Å². The molecule has 4 nitrogen and oxygen atoms in total. The van der Waals surface area contributed by atoms with Gasteiger partial charge in [-0.25, -0.2) is 0 Å². The van der Waals surface area contributed by atoms with Crippen LogP contribution >= 0.6 is 35.7 Å². The Bertz CT molecular complexity index is 426. The first-order valence-corrected chi connectivity index (χ1v) is 9.59. The molecule has 0 aliphatic heterocycles. The summed E-state index contributed by atoms with van der Waals surface area (Å²) in [4.78, 5) is 5.96. The second-order valence-electron chi connectivity index (χ2n) is 5.47. The zero-order valence-corrected chi connectivity index (χ0v) is 18.0. The van der Waals surface area contributed by atoms with Crippen molar-refractivity contribution in [3.8, 4) is 0 Å². The topological polar surface area (TPSA) is 56.7 Å². The Balaban J connectivity index is 0.00000529. The number of halogens is 1. The molecule has 24 heavy (non-hydrogen) atoms. The van der Waals surface area contributed by atoms with Crippen LogP contribution in [-0.4, -0.2) is 43.1 Å². The van der Waals surface area contributed by atoms with Gasteiger partial charge in [0.15, 0.2) is 5.96 Å². The van der Waals surface area contributed by atoms with Crippen LogP contribution in [-0.2, 0) is 0 Å². The van der Waals surface area contributed by atoms with Gasteiger partial charge in [0.05, 0.1) is 0 Å². The number of thioether (sulfide) groups is 1. The van der Waals surface area contributed by atoms with Gasteiger partial charge in [-0.15, -0.1) is 35.7 Å². The summed E-state index contributed by atoms with van der Waals surface area (Å²) in [5, 5.41) is 15.8. The van der Waals surface area contributed by atoms with Gasteiger partial charge in [-0.1, -0.05) is 31.5 Å². The van der Waals surface area contributed by atoms with Gasteiger partial charge < -0.3 is 15.7 Å². The maximum absolute atomic E-state index is 9.13. The molecule has 1 atom stereocenters. The van der Waals surface area contributed by atoms with Crippen LogP contribution in [0.1, 0.15) is 33.1 Å². The normalized spacial score (nSPS) is 12.4. The molecular weight excluding hydrogens is 433 g/mol. The number of aliphatic hydroxyl groups excluding tert-OH is 1. The van der Waals surface area contributed by atoms with Crippen LogP contribution in [0.4, 0.5) is 0 Å². The molecule has 1 aromatic rings. The molecule has 0 saturated heterocycles. The smallest absolute Gasteiger partial charge is 0.191 e. The Kier molecular flexibility index (Phi) is 15.7. The first-order valence-electron chi connectivity index (χ1n) is 8.61. The average Bonchev–Trinajstić information content (AvgIpc) is 2.57. The summed E-state index contributed by atoms with van der Waals surface area (Å²) >= 11 is 1.84. The predicted molar refractivity (Wildman–Crippen MR) is 117 cm³/mol. The minimum Gasteiger partial charge on any atom is -0.396 e. The molecule has 0 aliphatic rings. The van der Waals surface area contributed by atoms with E-state index in [2.05, 4.69) is 53.7 Å². The monoisotopic (exact) mass is 465 g/mol. The second kappa shape index (κ2) is 16.0. The van der Waals surface area contributed by atoms with E-state index in [-0.39, 0.29) is 30.6 Å². The molecule has 0 heterocycles. The molecule has 0 spiro atoms. The van der Waals surface area contributed by atoms with Crippen molar-refractivity contribution in [2.45, 2.75) is 38.0 Å². The number of nitrogens with one attached hydrogen (secondary N) is 2. The van der Waals surface area contributed by atoms with E-state index in [1.54, 1.807) is 0 Å². The maximum Gasteiger partial charge on any atom is 0.191 e. The van der Waals surface area contributed by atoms with Gasteiger partial charge in [-0.3, -0.25) is 4.99 Å². The molecule has 0 bridgehead atoms. The van der Waals surface area contributed by atoms with Crippen molar-refractivity contribution in [2.24, 2.45) is 10.9 Å². The Hall–Kier alpha value is -0.470. The van der Waals surface area contributed by atoms with E-state index in [1.807, 2.05) is 17.8 Å². The summed E-state index contributed by atoms with van der Waals surface area (Å²) < 4.78 is 0. The highest BCUT2D eigenvalue weighted by Crippen LogP contribution is 2.15. The van der Waals surface area contributed by atoms with E-state index in [1.165, 1.54) is 4.90 Å². The number of aliphatic imine (C=N–C) groups is 1. The zero-order chi connectivity index (χ0) is 16.8. The number of hydrogen-bond donors (Lipinski definition) is 3. The fourth-order valence-electron chi connectivity index (χ4n) is 2.33. The number of guanidine groups is 1. The van der Waals surface area contributed by atoms with Crippen LogP contribution in [0.3, 0.4) is 0 Å². The summed E-state index contributed by atoms with van der Waals surface area (Å²) in [5.74, 6) is 2.35. The lowest BCUT2D eigenvalue weighted by atomic mass is 10.0. The predicted octanol–water partition coefficient (Wildman–Crippen LogP) is 3.75. The molecule has 138 valence electrons. The Labute approximate surface area is 168 Å². The van der Waals surface area contributed by atoms with Crippen LogP contribution in [0.25, 0.3) is 0 Å². The minimum absolute atomic E-state index is 0. The third kappa shape index (κ3) is 11.1. The fraction of sp³-hybridized carbons (Fsp3) is 0.611. The fourth-order valence-corrected chi connectivity index (χ4v) is 3.12. The largest absolute Gasteiger partial charge is 0.396 e. The van der Waals surface area contributed by atoms with Gasteiger partial charge in [0.25, 0.3) is 0 Å². The van der Waals surface area contributed by atoms with Crippen molar-refractivity contribution in [2.75, 3.05) is 32.0 Å². The molecule has 6 heteroatoms. The van der Waals surface area contributed by atoms with Crippen molar-refractivity contribution >= 4 is 41.7 Å². The molecule has 3 N–H and O–H groups in total. The van der Waals surface area contributed by atoms with Crippen LogP contribution in [0.15, 0.2) is 40.2 Å². The van der Waals surface area contributed by atoms with Crippen LogP contribution in [0, 0.1) is 5.92 Å². The standard InChI is InChI=1S/C18H31N3OS.HI/c1-3-8-16(11-13-22)15-21-18(19-4-2)20-12-14-23-17-9-6-5-7-10-17;/h5-7,9-10,16,22H,3-4,8,11-15H2,1-2H3,(H2,19,20,21);1H. The lowest BCUT2D eigenvalue weighted by Crippen LogP contribution is -2.38. The summed E-state index contributed by atoms with van der Waals surface area (Å²) in [6.45, 7) is 7.01. The molecule has 0 fully saturated rings. The number of aliphatic hydroxyl groups is 1. The summed E-state index contributed by atoms with van der Waals surface area (Å²) in [6, 6.07) is 10.4. The third-order valence-corrected chi connectivity index (χ3v) is 4.51. The Morgan fingerprint density at radius 2 is 1.92 bits per heavy atom. The number of hydrogen-bond acceptors (Lipinski definition) is 3. The van der Waals surface area contributed by atoms with E-state index >= 15 is 0 Å². The van der Waals surface area contributed by atoms with Gasteiger partial charge in [0, 0.05) is 36.9 Å². The SMILES string of the molecule is CCCC(CCO)CN=C(NCC)NCCSc1ccccc1.I. The zero-order valence-electron chi connectivity index (χ0n) is 14.8. The van der Waals surface area contributed by atoms with Crippen molar-refractivity contribution < 1.29 is 5.11 Å². The molecule has 0 radical (unpaired) electrons. The van der Waals surface area contributed by atoms with Gasteiger partial charge in [0.2, 0.25) is 0 Å². The van der Waals surface area contributed by atoms with Gasteiger partial charge in [-0.05, 0) is 37.8 Å². The van der Waals surface area contributed by atoms with E-state index in [0.29, 0.717) is 5.92 Å². The number of rotatable bonds is 11. The molecule has 0 aliphatic carbocycles. The van der Waals surface area contributed by atoms with Gasteiger partial charge >= 0.3 is 0 Å². The molecule has 1 rings (SSSR count). The minimum atomic E-state index is 0. The van der Waals surface area contributed by atoms with Gasteiger partial charge in [0.1, 0.15) is 0 Å². The lowest BCUT2D eigenvalue weighted by molar-refractivity contribution is 0.253. The molecule has 0 aromatic heterocycles. The summed E-state index contributed by atoms with van der Waals surface area (Å²) in [6.07, 6.45) is 3.09. The summed E-state index contributed by atoms with van der Waals surface area (Å²) in [7, 11) is 0. The second-order valence-corrected chi connectivity index (χ2v) is 6.64. The van der Waals surface area contributed by atoms with E-state index in [0.717, 1.165) is 50.6 Å². The van der Waals surface area contributed by atoms with Crippen LogP contribution in [0.2, 0.25) is 0 Å². The highest BCUT2D eigenvalue weighted by Gasteiger charge is 2.07. The van der Waals surface area contributed by atoms with Crippen molar-refractivity contribution in [1.82, 2.24) is 10.6 Å². The van der Waals surface area contributed by atoms with E-state index in [4.69, 9.17) is 5.11 Å². The molecule has 0 saturated carbocycles. The quantitative estimate of drug-likeness (QED) is 0.153. The molecular formula is C18H32IN3OS. The Morgan fingerprint density at radius 1 is 1.17 bits per heavy atom. The first-order chi connectivity index (χ1) is 11.3. The first kappa shape index (κ1) is 23.5. The molecule has 0 amide bonds. The summed E-state index contributed by atoms with van der Waals surface area (Å²) in [5.41, 5.74) is 0. The highest BCUT2D eigenvalue weighted by molar-refractivity contribution is 14.0. The highest BCUT2D eigenvalue weighted by atomic mass is 127. The van der Waals surface area contributed by atoms with E-state index in [9.17, 15) is 0 Å². The number of nitrogens with zero attached hydrogens (tertiary/aromatic N) is 1. The van der Waals surface area contributed by atoms with E-state index < -0.39 is 0 Å². The third-order valence-electron chi connectivity index (χ3n) is 3.49. The van der Waals surface area contributed by atoms with Crippen LogP contribution in [0.5, 0.6) is 0 Å². The Morgan fingerprint density at radius 3 is 2.54 bits per heavy atom. The van der Waals surface area contributed by atoms with Crippen molar-refractivity contribution in [3.05, 3.63) is 30.3 Å². The van der Waals surface area contributed by atoms with Crippen LogP contribution < -0.4 is 10.6 Å². The molecule has 1 aromatic carbocycles. The van der Waals surface area contributed by atoms with Gasteiger partial charge in [-0.2, -0.15) is 0 Å². The molecule has 1 unspecified atom stereocenters.